The van der Waals surface area contributed by atoms with Crippen molar-refractivity contribution in [2.24, 2.45) is 0 Å². The summed E-state index contributed by atoms with van der Waals surface area (Å²) in [5.41, 5.74) is 0.270. The van der Waals surface area contributed by atoms with Gasteiger partial charge in [-0.05, 0) is 25.0 Å². The molecular weight excluding hydrogens is 294 g/mol. The van der Waals surface area contributed by atoms with E-state index in [0.29, 0.717) is 18.0 Å². The van der Waals surface area contributed by atoms with Crippen LogP contribution >= 0.6 is 11.3 Å². The number of thiazole rings is 1. The van der Waals surface area contributed by atoms with E-state index in [-0.39, 0.29) is 12.0 Å². The zero-order valence-electron chi connectivity index (χ0n) is 11.0. The standard InChI is InChI=1S/C13H13N3O4S/c17-10(18)5-1-3-8-7-21-13(15-8)16-12(20)9-4-2-6-14-11(9)19/h2,4,6-7H,1,3,5H2,(H,14,19)(H,17,18)(H,15,16,20). The number of hydrogen-bond donors (Lipinski definition) is 3. The van der Waals surface area contributed by atoms with Gasteiger partial charge in [0.15, 0.2) is 5.13 Å². The summed E-state index contributed by atoms with van der Waals surface area (Å²) in [6.07, 6.45) is 2.55. The smallest absolute Gasteiger partial charge is 0.303 e. The summed E-state index contributed by atoms with van der Waals surface area (Å²) in [5.74, 6) is -1.37. The molecule has 0 radical (unpaired) electrons. The van der Waals surface area contributed by atoms with Crippen LogP contribution in [0, 0.1) is 0 Å². The molecule has 0 fully saturated rings. The number of rotatable bonds is 6. The first-order chi connectivity index (χ1) is 10.1. The van der Waals surface area contributed by atoms with Gasteiger partial charge in [-0.3, -0.25) is 19.7 Å². The van der Waals surface area contributed by atoms with E-state index < -0.39 is 17.4 Å². The lowest BCUT2D eigenvalue weighted by Crippen LogP contribution is -2.22. The molecular formula is C13H13N3O4S. The number of carboxylic acids is 1. The quantitative estimate of drug-likeness (QED) is 0.748. The summed E-state index contributed by atoms with van der Waals surface area (Å²) >= 11 is 1.23. The number of carbonyl (C=O) groups is 2. The van der Waals surface area contributed by atoms with Crippen molar-refractivity contribution in [3.8, 4) is 0 Å². The Bertz CT molecular complexity index is 707. The van der Waals surface area contributed by atoms with Crippen LogP contribution in [0.5, 0.6) is 0 Å². The number of carbonyl (C=O) groups excluding carboxylic acids is 1. The van der Waals surface area contributed by atoms with Crippen molar-refractivity contribution in [1.82, 2.24) is 9.97 Å². The average Bonchev–Trinajstić information content (AvgIpc) is 2.86. The van der Waals surface area contributed by atoms with E-state index in [1.165, 1.54) is 23.6 Å². The highest BCUT2D eigenvalue weighted by Gasteiger charge is 2.12. The molecule has 0 bridgehead atoms. The minimum absolute atomic E-state index is 0.0140. The number of carboxylic acid groups (broad SMARTS) is 1. The van der Waals surface area contributed by atoms with Crippen LogP contribution in [0.1, 0.15) is 28.9 Å². The van der Waals surface area contributed by atoms with Gasteiger partial charge in [0, 0.05) is 18.0 Å². The topological polar surface area (TPSA) is 112 Å². The number of anilines is 1. The molecule has 0 aromatic carbocycles. The molecule has 2 aromatic heterocycles. The number of aliphatic carboxylic acids is 1. The molecule has 110 valence electrons. The van der Waals surface area contributed by atoms with Gasteiger partial charge in [0.05, 0.1) is 5.69 Å². The van der Waals surface area contributed by atoms with Crippen LogP contribution in [0.3, 0.4) is 0 Å². The van der Waals surface area contributed by atoms with Crippen LogP contribution < -0.4 is 10.9 Å². The third-order valence-electron chi connectivity index (χ3n) is 2.66. The molecule has 0 spiro atoms. The molecule has 0 unspecified atom stereocenters. The van der Waals surface area contributed by atoms with Crippen molar-refractivity contribution >= 4 is 28.3 Å². The number of pyridine rings is 1. The Morgan fingerprint density at radius 1 is 1.43 bits per heavy atom. The molecule has 0 atom stereocenters. The van der Waals surface area contributed by atoms with Gasteiger partial charge in [-0.15, -0.1) is 11.3 Å². The van der Waals surface area contributed by atoms with Crippen molar-refractivity contribution in [2.75, 3.05) is 5.32 Å². The molecule has 8 heteroatoms. The van der Waals surface area contributed by atoms with Gasteiger partial charge in [0.25, 0.3) is 11.5 Å². The molecule has 0 aliphatic carbocycles. The lowest BCUT2D eigenvalue weighted by Gasteiger charge is -2.00. The van der Waals surface area contributed by atoms with E-state index in [9.17, 15) is 14.4 Å². The maximum Gasteiger partial charge on any atom is 0.303 e. The van der Waals surface area contributed by atoms with Crippen molar-refractivity contribution in [3.05, 3.63) is 45.3 Å². The van der Waals surface area contributed by atoms with Crippen LogP contribution in [0.25, 0.3) is 0 Å². The van der Waals surface area contributed by atoms with E-state index in [0.717, 1.165) is 5.69 Å². The second kappa shape index (κ2) is 6.80. The number of H-pyrrole nitrogens is 1. The Balaban J connectivity index is 1.96. The molecule has 21 heavy (non-hydrogen) atoms. The van der Waals surface area contributed by atoms with E-state index in [4.69, 9.17) is 5.11 Å². The van der Waals surface area contributed by atoms with E-state index in [1.54, 1.807) is 11.4 Å². The van der Waals surface area contributed by atoms with Crippen LogP contribution in [0.15, 0.2) is 28.5 Å². The highest BCUT2D eigenvalue weighted by Crippen LogP contribution is 2.17. The number of nitrogens with zero attached hydrogens (tertiary/aromatic N) is 1. The molecule has 0 saturated heterocycles. The summed E-state index contributed by atoms with van der Waals surface area (Å²) in [6.45, 7) is 0. The zero-order valence-corrected chi connectivity index (χ0v) is 11.8. The second-order valence-corrected chi connectivity index (χ2v) is 5.12. The maximum absolute atomic E-state index is 11.9. The SMILES string of the molecule is O=C(O)CCCc1csc(NC(=O)c2ccc[nH]c2=O)n1. The first kappa shape index (κ1) is 14.9. The number of nitrogens with one attached hydrogen (secondary N) is 2. The minimum atomic E-state index is -0.845. The molecule has 2 rings (SSSR count). The van der Waals surface area contributed by atoms with Gasteiger partial charge in [-0.25, -0.2) is 4.98 Å². The van der Waals surface area contributed by atoms with Crippen molar-refractivity contribution in [3.63, 3.8) is 0 Å². The number of aromatic amines is 1. The van der Waals surface area contributed by atoms with Crippen LogP contribution in [-0.2, 0) is 11.2 Å². The third kappa shape index (κ3) is 4.25. The first-order valence-electron chi connectivity index (χ1n) is 6.21. The Kier molecular flexibility index (Phi) is 4.83. The number of aromatic nitrogens is 2. The van der Waals surface area contributed by atoms with Gasteiger partial charge in [-0.1, -0.05) is 0 Å². The predicted octanol–water partition coefficient (Wildman–Crippen LogP) is 1.49. The molecule has 1 amide bonds. The number of hydrogen-bond acceptors (Lipinski definition) is 5. The van der Waals surface area contributed by atoms with Gasteiger partial charge < -0.3 is 10.1 Å². The Morgan fingerprint density at radius 3 is 2.95 bits per heavy atom. The summed E-state index contributed by atoms with van der Waals surface area (Å²) in [7, 11) is 0. The highest BCUT2D eigenvalue weighted by molar-refractivity contribution is 7.13. The Labute approximate surface area is 123 Å². The fourth-order valence-corrected chi connectivity index (χ4v) is 2.40. The van der Waals surface area contributed by atoms with Gasteiger partial charge in [-0.2, -0.15) is 0 Å². The molecule has 0 aliphatic heterocycles. The van der Waals surface area contributed by atoms with Crippen molar-refractivity contribution in [1.29, 1.82) is 0 Å². The fourth-order valence-electron chi connectivity index (χ4n) is 1.66. The zero-order chi connectivity index (χ0) is 15.2. The molecule has 3 N–H and O–H groups in total. The average molecular weight is 307 g/mol. The minimum Gasteiger partial charge on any atom is -0.481 e. The van der Waals surface area contributed by atoms with Crippen molar-refractivity contribution < 1.29 is 14.7 Å². The lowest BCUT2D eigenvalue weighted by atomic mass is 10.2. The predicted molar refractivity (Wildman–Crippen MR) is 77.7 cm³/mol. The van der Waals surface area contributed by atoms with Gasteiger partial charge >= 0.3 is 5.97 Å². The summed E-state index contributed by atoms with van der Waals surface area (Å²) in [6, 6.07) is 2.99. The summed E-state index contributed by atoms with van der Waals surface area (Å²) in [4.78, 5) is 40.4. The Hall–Kier alpha value is -2.48. The summed E-state index contributed by atoms with van der Waals surface area (Å²) < 4.78 is 0. The number of amides is 1. The highest BCUT2D eigenvalue weighted by atomic mass is 32.1. The van der Waals surface area contributed by atoms with Crippen LogP contribution in [0.2, 0.25) is 0 Å². The maximum atomic E-state index is 11.9. The third-order valence-corrected chi connectivity index (χ3v) is 3.47. The van der Waals surface area contributed by atoms with Crippen LogP contribution in [-0.4, -0.2) is 27.0 Å². The van der Waals surface area contributed by atoms with Crippen molar-refractivity contribution in [2.45, 2.75) is 19.3 Å². The van der Waals surface area contributed by atoms with E-state index in [1.807, 2.05) is 0 Å². The van der Waals surface area contributed by atoms with Gasteiger partial charge in [0.1, 0.15) is 5.56 Å². The second-order valence-electron chi connectivity index (χ2n) is 4.26. The largest absolute Gasteiger partial charge is 0.481 e. The molecule has 0 saturated carbocycles. The van der Waals surface area contributed by atoms with Gasteiger partial charge in [0.2, 0.25) is 0 Å². The van der Waals surface area contributed by atoms with Crippen LogP contribution in [0.4, 0.5) is 5.13 Å². The van der Waals surface area contributed by atoms with E-state index >= 15 is 0 Å². The summed E-state index contributed by atoms with van der Waals surface area (Å²) in [5, 5.41) is 13.3. The normalized spacial score (nSPS) is 10.3. The Morgan fingerprint density at radius 2 is 2.24 bits per heavy atom. The molecule has 2 aromatic rings. The first-order valence-corrected chi connectivity index (χ1v) is 7.09. The number of aryl methyl sites for hydroxylation is 1. The fraction of sp³-hybridized carbons (Fsp3) is 0.231. The molecule has 7 nitrogen and oxygen atoms in total. The monoisotopic (exact) mass is 307 g/mol. The van der Waals surface area contributed by atoms with E-state index in [2.05, 4.69) is 15.3 Å². The molecule has 2 heterocycles. The molecule has 0 aliphatic rings. The lowest BCUT2D eigenvalue weighted by molar-refractivity contribution is -0.137.